The van der Waals surface area contributed by atoms with Crippen LogP contribution in [-0.2, 0) is 0 Å². The molecule has 0 fully saturated rings. The fourth-order valence-electron chi connectivity index (χ4n) is 7.30. The molecule has 0 aliphatic carbocycles. The molecule has 230 valence electrons. The zero-order valence-corrected chi connectivity index (χ0v) is 26.4. The first-order valence-electron chi connectivity index (χ1n) is 16.4. The van der Waals surface area contributed by atoms with Gasteiger partial charge in [-0.3, -0.25) is 8.97 Å². The maximum absolute atomic E-state index is 6.62. The van der Waals surface area contributed by atoms with Gasteiger partial charge in [0.25, 0.3) is 0 Å². The Bertz CT molecular complexity index is 2840. The number of imidazole rings is 1. The molecule has 0 saturated carbocycles. The summed E-state index contributed by atoms with van der Waals surface area (Å²) in [5.41, 5.74) is 8.90. The summed E-state index contributed by atoms with van der Waals surface area (Å²) in [7, 11) is 0. The molecule has 5 nitrogen and oxygen atoms in total. The van der Waals surface area contributed by atoms with Crippen molar-refractivity contribution in [2.24, 2.45) is 0 Å². The van der Waals surface area contributed by atoms with E-state index in [1.54, 1.807) is 0 Å². The van der Waals surface area contributed by atoms with E-state index in [0.29, 0.717) is 0 Å². The van der Waals surface area contributed by atoms with Crippen LogP contribution in [0.3, 0.4) is 0 Å². The van der Waals surface area contributed by atoms with Gasteiger partial charge in [-0.25, -0.2) is 9.97 Å². The number of hydrogen-bond acceptors (Lipinski definition) is 3. The second-order valence-electron chi connectivity index (χ2n) is 12.3. The highest BCUT2D eigenvalue weighted by Gasteiger charge is 2.17. The largest absolute Gasteiger partial charge is 0.457 e. The smallest absolute Gasteiger partial charge is 0.145 e. The van der Waals surface area contributed by atoms with Crippen molar-refractivity contribution in [2.75, 3.05) is 0 Å². The Morgan fingerprint density at radius 3 is 1.88 bits per heavy atom. The lowest BCUT2D eigenvalue weighted by Crippen LogP contribution is -1.96. The van der Waals surface area contributed by atoms with Crippen molar-refractivity contribution < 1.29 is 4.74 Å². The van der Waals surface area contributed by atoms with Crippen molar-refractivity contribution in [2.45, 2.75) is 0 Å². The summed E-state index contributed by atoms with van der Waals surface area (Å²) in [4.78, 5) is 9.51. The highest BCUT2D eigenvalue weighted by atomic mass is 16.5. The Kier molecular flexibility index (Phi) is 6.11. The van der Waals surface area contributed by atoms with Gasteiger partial charge in [-0.15, -0.1) is 0 Å². The van der Waals surface area contributed by atoms with Gasteiger partial charge < -0.3 is 4.74 Å². The number of ether oxygens (including phenoxy) is 1. The van der Waals surface area contributed by atoms with Crippen LogP contribution >= 0.6 is 0 Å². The maximum atomic E-state index is 6.62. The van der Waals surface area contributed by atoms with Gasteiger partial charge in [0.15, 0.2) is 0 Å². The van der Waals surface area contributed by atoms with Crippen LogP contribution in [0.2, 0.25) is 0 Å². The fraction of sp³-hybridized carbons (Fsp3) is 0. The molecular weight excluding hydrogens is 601 g/mol. The van der Waals surface area contributed by atoms with E-state index < -0.39 is 0 Å². The number of aromatic nitrogens is 4. The Hall–Kier alpha value is -6.72. The lowest BCUT2D eigenvalue weighted by atomic mass is 9.91. The molecule has 0 N–H and O–H groups in total. The molecule has 0 unspecified atom stereocenters. The normalized spacial score (nSPS) is 11.7. The quantitative estimate of drug-likeness (QED) is 0.178. The molecule has 6 aromatic carbocycles. The summed E-state index contributed by atoms with van der Waals surface area (Å²) in [5, 5.41) is 5.65. The maximum Gasteiger partial charge on any atom is 0.145 e. The molecule has 10 rings (SSSR count). The summed E-state index contributed by atoms with van der Waals surface area (Å²) in [6, 6.07) is 53.0. The standard InChI is InChI=1S/C44H28N4O/c1-3-11-29(12-4-1)36-27-38-33-20-18-31(25-39(33)44-46-23-24-47(44)41(38)28-37(36)30-13-5-2-6-14-30)49-32-19-21-35-34-15-7-8-16-40(34)48(42(35)26-32)43-17-9-10-22-45-43/h1-28H. The van der Waals surface area contributed by atoms with Gasteiger partial charge in [0.05, 0.1) is 16.6 Å². The SMILES string of the molecule is c1ccc(-c2cc3c4ccc(Oc5ccc6c7ccccc7n(-c7ccccn7)c6c5)cc4c4nccn4c3cc2-c2ccccc2)cc1. The number of rotatable bonds is 5. The van der Waals surface area contributed by atoms with Gasteiger partial charge in [0.1, 0.15) is 23.0 Å². The fourth-order valence-corrected chi connectivity index (χ4v) is 7.30. The number of para-hydroxylation sites is 1. The van der Waals surface area contributed by atoms with Gasteiger partial charge in [0.2, 0.25) is 0 Å². The van der Waals surface area contributed by atoms with Crippen LogP contribution in [0.5, 0.6) is 11.5 Å². The van der Waals surface area contributed by atoms with Gasteiger partial charge in [-0.2, -0.15) is 0 Å². The van der Waals surface area contributed by atoms with Crippen molar-refractivity contribution in [3.05, 3.63) is 170 Å². The van der Waals surface area contributed by atoms with E-state index in [2.05, 4.69) is 141 Å². The van der Waals surface area contributed by atoms with Crippen LogP contribution < -0.4 is 4.74 Å². The minimum atomic E-state index is 0.751. The van der Waals surface area contributed by atoms with E-state index in [1.807, 2.05) is 42.9 Å². The lowest BCUT2D eigenvalue weighted by molar-refractivity contribution is 0.484. The Balaban J connectivity index is 1.14. The first-order valence-corrected chi connectivity index (χ1v) is 16.4. The van der Waals surface area contributed by atoms with Gasteiger partial charge in [-0.05, 0) is 88.3 Å². The number of hydrogen-bond donors (Lipinski definition) is 0. The predicted molar refractivity (Wildman–Crippen MR) is 200 cm³/mol. The topological polar surface area (TPSA) is 44.3 Å². The summed E-state index contributed by atoms with van der Waals surface area (Å²) >= 11 is 0. The van der Waals surface area contributed by atoms with Gasteiger partial charge in [-0.1, -0.05) is 84.9 Å². The van der Waals surface area contributed by atoms with Crippen LogP contribution in [0, 0.1) is 0 Å². The van der Waals surface area contributed by atoms with Crippen LogP contribution in [0.15, 0.2) is 170 Å². The molecule has 5 heteroatoms. The molecule has 0 spiro atoms. The molecular formula is C44H28N4O. The molecule has 4 aromatic heterocycles. The second kappa shape index (κ2) is 10.9. The number of benzene rings is 6. The summed E-state index contributed by atoms with van der Waals surface area (Å²) in [6.45, 7) is 0. The first kappa shape index (κ1) is 27.4. The molecule has 0 atom stereocenters. The van der Waals surface area contributed by atoms with E-state index in [9.17, 15) is 0 Å². The zero-order chi connectivity index (χ0) is 32.3. The summed E-state index contributed by atoms with van der Waals surface area (Å²) < 4.78 is 11.0. The first-order chi connectivity index (χ1) is 24.3. The van der Waals surface area contributed by atoms with Gasteiger partial charge >= 0.3 is 0 Å². The van der Waals surface area contributed by atoms with E-state index >= 15 is 0 Å². The van der Waals surface area contributed by atoms with E-state index in [-0.39, 0.29) is 0 Å². The molecule has 0 bridgehead atoms. The molecule has 49 heavy (non-hydrogen) atoms. The predicted octanol–water partition coefficient (Wildman–Crippen LogP) is 11.3. The third-order valence-electron chi connectivity index (χ3n) is 9.49. The van der Waals surface area contributed by atoms with Crippen molar-refractivity contribution in [3.63, 3.8) is 0 Å². The van der Waals surface area contributed by atoms with E-state index in [1.165, 1.54) is 27.6 Å². The summed E-state index contributed by atoms with van der Waals surface area (Å²) in [5.74, 6) is 2.38. The monoisotopic (exact) mass is 628 g/mol. The van der Waals surface area contributed by atoms with E-state index in [4.69, 9.17) is 9.72 Å². The number of nitrogens with zero attached hydrogens (tertiary/aromatic N) is 4. The average molecular weight is 629 g/mol. The number of pyridine rings is 2. The molecule has 0 aliphatic rings. The number of fused-ring (bicyclic) bond motifs is 9. The Morgan fingerprint density at radius 1 is 0.429 bits per heavy atom. The third kappa shape index (κ3) is 4.40. The van der Waals surface area contributed by atoms with Crippen molar-refractivity contribution in [3.8, 4) is 39.6 Å². The van der Waals surface area contributed by atoms with Crippen molar-refractivity contribution in [1.82, 2.24) is 18.9 Å². The minimum Gasteiger partial charge on any atom is -0.457 e. The molecule has 0 radical (unpaired) electrons. The van der Waals surface area contributed by atoms with Crippen LogP contribution in [0.1, 0.15) is 0 Å². The minimum absolute atomic E-state index is 0.751. The highest BCUT2D eigenvalue weighted by Crippen LogP contribution is 2.41. The van der Waals surface area contributed by atoms with Crippen LogP contribution in [0.25, 0.3) is 77.2 Å². The van der Waals surface area contributed by atoms with Crippen molar-refractivity contribution in [1.29, 1.82) is 0 Å². The molecule has 0 saturated heterocycles. The lowest BCUT2D eigenvalue weighted by Gasteiger charge is -2.16. The van der Waals surface area contributed by atoms with E-state index in [0.717, 1.165) is 61.1 Å². The average Bonchev–Trinajstić information content (AvgIpc) is 3.79. The van der Waals surface area contributed by atoms with Crippen LogP contribution in [-0.4, -0.2) is 18.9 Å². The van der Waals surface area contributed by atoms with Gasteiger partial charge in [0, 0.05) is 46.2 Å². The van der Waals surface area contributed by atoms with Crippen molar-refractivity contribution >= 4 is 49.1 Å². The zero-order valence-electron chi connectivity index (χ0n) is 26.4. The third-order valence-corrected chi connectivity index (χ3v) is 9.49. The molecule has 0 aliphatic heterocycles. The summed E-state index contributed by atoms with van der Waals surface area (Å²) in [6.07, 6.45) is 5.75. The van der Waals surface area contributed by atoms with Crippen LogP contribution in [0.4, 0.5) is 0 Å². The second-order valence-corrected chi connectivity index (χ2v) is 12.3. The Morgan fingerprint density at radius 2 is 1.10 bits per heavy atom. The molecule has 4 heterocycles. The molecule has 0 amide bonds. The Labute approximate surface area is 281 Å². The highest BCUT2D eigenvalue weighted by molar-refractivity contribution is 6.14. The molecule has 10 aromatic rings.